The summed E-state index contributed by atoms with van der Waals surface area (Å²) in [5.41, 5.74) is 1.17. The quantitative estimate of drug-likeness (QED) is 0.425. The largest absolute Gasteiger partial charge is 0.480 e. The molecule has 3 aromatic rings. The molecule has 27 heavy (non-hydrogen) atoms. The second-order valence-corrected chi connectivity index (χ2v) is 7.69. The van der Waals surface area contributed by atoms with Gasteiger partial charge in [-0.2, -0.15) is 0 Å². The molecule has 0 saturated heterocycles. The number of nitrogens with zero attached hydrogens (tertiary/aromatic N) is 3. The molecule has 0 fully saturated rings. The van der Waals surface area contributed by atoms with Crippen LogP contribution in [0.1, 0.15) is 31.3 Å². The Morgan fingerprint density at radius 2 is 1.89 bits per heavy atom. The molecule has 0 aliphatic carbocycles. The molecule has 0 saturated carbocycles. The van der Waals surface area contributed by atoms with Gasteiger partial charge in [-0.15, -0.1) is 10.2 Å². The van der Waals surface area contributed by atoms with E-state index >= 15 is 0 Å². The number of hydrogen-bond donors (Lipinski definition) is 0. The minimum atomic E-state index is -0.741. The second kappa shape index (κ2) is 8.84. The van der Waals surface area contributed by atoms with Gasteiger partial charge in [0, 0.05) is 22.8 Å². The standard InChI is InChI=1S/C19H18BrF2N3OS/c1-3-25-18(12(2)26-17-9-8-15(21)10-16(17)22)23-24-19(25)27-11-13-4-6-14(20)7-5-13/h4-10,12H,3,11H2,1-2H3. The number of thioether (sulfide) groups is 1. The molecule has 0 aliphatic heterocycles. The predicted molar refractivity (Wildman–Crippen MR) is 105 cm³/mol. The number of aromatic nitrogens is 3. The van der Waals surface area contributed by atoms with Crippen LogP contribution in [0.5, 0.6) is 5.75 Å². The van der Waals surface area contributed by atoms with E-state index in [-0.39, 0.29) is 5.75 Å². The Morgan fingerprint density at radius 3 is 2.56 bits per heavy atom. The third kappa shape index (κ3) is 4.87. The molecule has 2 aromatic carbocycles. The van der Waals surface area contributed by atoms with Crippen molar-refractivity contribution >= 4 is 27.7 Å². The smallest absolute Gasteiger partial charge is 0.191 e. The molecular weight excluding hydrogens is 436 g/mol. The lowest BCUT2D eigenvalue weighted by atomic mass is 10.2. The van der Waals surface area contributed by atoms with Gasteiger partial charge in [-0.25, -0.2) is 8.78 Å². The zero-order valence-corrected chi connectivity index (χ0v) is 17.2. The Balaban J connectivity index is 1.73. The molecule has 4 nitrogen and oxygen atoms in total. The molecule has 3 rings (SSSR count). The fraction of sp³-hybridized carbons (Fsp3) is 0.263. The second-order valence-electron chi connectivity index (χ2n) is 5.83. The van der Waals surface area contributed by atoms with Crippen molar-refractivity contribution in [1.29, 1.82) is 0 Å². The maximum atomic E-state index is 13.8. The van der Waals surface area contributed by atoms with Gasteiger partial charge in [0.25, 0.3) is 0 Å². The molecule has 0 aliphatic rings. The summed E-state index contributed by atoms with van der Waals surface area (Å²) in [4.78, 5) is 0. The van der Waals surface area contributed by atoms with Crippen LogP contribution < -0.4 is 4.74 Å². The summed E-state index contributed by atoms with van der Waals surface area (Å²) in [6.07, 6.45) is -0.528. The van der Waals surface area contributed by atoms with E-state index in [1.807, 2.05) is 35.8 Å². The Labute approximate surface area is 169 Å². The van der Waals surface area contributed by atoms with Crippen LogP contribution in [-0.4, -0.2) is 14.8 Å². The van der Waals surface area contributed by atoms with Crippen LogP contribution in [0.2, 0.25) is 0 Å². The highest BCUT2D eigenvalue weighted by Crippen LogP contribution is 2.28. The lowest BCUT2D eigenvalue weighted by Gasteiger charge is -2.16. The first kappa shape index (κ1) is 19.8. The third-order valence-electron chi connectivity index (χ3n) is 3.90. The van der Waals surface area contributed by atoms with Crippen LogP contribution in [-0.2, 0) is 12.3 Å². The molecule has 0 amide bonds. The average molecular weight is 454 g/mol. The first-order valence-electron chi connectivity index (χ1n) is 8.40. The summed E-state index contributed by atoms with van der Waals surface area (Å²) in [5, 5.41) is 9.24. The van der Waals surface area contributed by atoms with Gasteiger partial charge in [0.2, 0.25) is 0 Å². The van der Waals surface area contributed by atoms with E-state index in [1.165, 1.54) is 11.6 Å². The molecule has 0 radical (unpaired) electrons. The van der Waals surface area contributed by atoms with Crippen molar-refractivity contribution in [3.05, 3.63) is 70.0 Å². The summed E-state index contributed by atoms with van der Waals surface area (Å²) in [5.74, 6) is -0.0454. The van der Waals surface area contributed by atoms with E-state index in [2.05, 4.69) is 26.1 Å². The first-order valence-corrected chi connectivity index (χ1v) is 10.2. The number of ether oxygens (including phenoxy) is 1. The lowest BCUT2D eigenvalue weighted by Crippen LogP contribution is -2.12. The van der Waals surface area contributed by atoms with Gasteiger partial charge in [0.1, 0.15) is 5.82 Å². The highest BCUT2D eigenvalue weighted by atomic mass is 79.9. The summed E-state index contributed by atoms with van der Waals surface area (Å²) >= 11 is 5.00. The van der Waals surface area contributed by atoms with E-state index in [1.54, 1.807) is 18.7 Å². The van der Waals surface area contributed by atoms with Crippen LogP contribution >= 0.6 is 27.7 Å². The number of hydrogen-bond acceptors (Lipinski definition) is 4. The lowest BCUT2D eigenvalue weighted by molar-refractivity contribution is 0.200. The molecule has 1 aromatic heterocycles. The van der Waals surface area contributed by atoms with E-state index in [4.69, 9.17) is 4.74 Å². The molecule has 0 bridgehead atoms. The van der Waals surface area contributed by atoms with Crippen molar-refractivity contribution in [3.8, 4) is 5.75 Å². The van der Waals surface area contributed by atoms with Crippen molar-refractivity contribution in [3.63, 3.8) is 0 Å². The van der Waals surface area contributed by atoms with Crippen molar-refractivity contribution in [2.75, 3.05) is 0 Å². The summed E-state index contributed by atoms with van der Waals surface area (Å²) in [7, 11) is 0. The third-order valence-corrected chi connectivity index (χ3v) is 5.47. The van der Waals surface area contributed by atoms with E-state index in [9.17, 15) is 8.78 Å². The van der Waals surface area contributed by atoms with Crippen molar-refractivity contribution < 1.29 is 13.5 Å². The predicted octanol–water partition coefficient (Wildman–Crippen LogP) is 5.77. The zero-order valence-electron chi connectivity index (χ0n) is 14.8. The fourth-order valence-corrected chi connectivity index (χ4v) is 3.78. The van der Waals surface area contributed by atoms with Crippen LogP contribution in [0.4, 0.5) is 8.78 Å². The van der Waals surface area contributed by atoms with Crippen molar-refractivity contribution in [2.45, 2.75) is 37.4 Å². The van der Waals surface area contributed by atoms with Gasteiger partial charge in [-0.3, -0.25) is 0 Å². The van der Waals surface area contributed by atoms with Gasteiger partial charge in [-0.05, 0) is 43.7 Å². The first-order chi connectivity index (χ1) is 13.0. The van der Waals surface area contributed by atoms with Crippen molar-refractivity contribution in [2.24, 2.45) is 0 Å². The summed E-state index contributed by atoms with van der Waals surface area (Å²) < 4.78 is 35.5. The Morgan fingerprint density at radius 1 is 1.15 bits per heavy atom. The van der Waals surface area contributed by atoms with E-state index < -0.39 is 17.7 Å². The molecule has 1 unspecified atom stereocenters. The van der Waals surface area contributed by atoms with Crippen molar-refractivity contribution in [1.82, 2.24) is 14.8 Å². The molecule has 0 spiro atoms. The van der Waals surface area contributed by atoms with Crippen LogP contribution in [0.15, 0.2) is 52.1 Å². The van der Waals surface area contributed by atoms with Gasteiger partial charge < -0.3 is 9.30 Å². The van der Waals surface area contributed by atoms with E-state index in [0.29, 0.717) is 12.4 Å². The SMILES string of the molecule is CCn1c(SCc2ccc(Br)cc2)nnc1C(C)Oc1ccc(F)cc1F. The van der Waals surface area contributed by atoms with Crippen LogP contribution in [0.25, 0.3) is 0 Å². The minimum Gasteiger partial charge on any atom is -0.480 e. The monoisotopic (exact) mass is 453 g/mol. The van der Waals surface area contributed by atoms with Crippen LogP contribution in [0.3, 0.4) is 0 Å². The minimum absolute atomic E-state index is 0.0152. The molecule has 0 N–H and O–H groups in total. The average Bonchev–Trinajstić information content (AvgIpc) is 3.06. The summed E-state index contributed by atoms with van der Waals surface area (Å²) in [6.45, 7) is 4.41. The molecule has 1 atom stereocenters. The van der Waals surface area contributed by atoms with Gasteiger partial charge in [0.15, 0.2) is 28.7 Å². The molecule has 1 heterocycles. The van der Waals surface area contributed by atoms with Gasteiger partial charge in [-0.1, -0.05) is 39.8 Å². The van der Waals surface area contributed by atoms with Gasteiger partial charge in [0.05, 0.1) is 0 Å². The Kier molecular flexibility index (Phi) is 6.49. The van der Waals surface area contributed by atoms with Crippen LogP contribution in [0, 0.1) is 11.6 Å². The molecule has 8 heteroatoms. The number of benzene rings is 2. The topological polar surface area (TPSA) is 39.9 Å². The highest BCUT2D eigenvalue weighted by Gasteiger charge is 2.20. The molecule has 142 valence electrons. The summed E-state index contributed by atoms with van der Waals surface area (Å²) in [6, 6.07) is 11.3. The normalized spacial score (nSPS) is 12.2. The highest BCUT2D eigenvalue weighted by molar-refractivity contribution is 9.10. The number of rotatable bonds is 7. The zero-order chi connectivity index (χ0) is 19.4. The fourth-order valence-electron chi connectivity index (χ4n) is 2.55. The number of halogens is 3. The maximum absolute atomic E-state index is 13.8. The molecular formula is C19H18BrF2N3OS. The van der Waals surface area contributed by atoms with Gasteiger partial charge >= 0.3 is 0 Å². The van der Waals surface area contributed by atoms with E-state index in [0.717, 1.165) is 27.5 Å². The Bertz CT molecular complexity index is 918. The Hall–Kier alpha value is -1.93. The maximum Gasteiger partial charge on any atom is 0.191 e.